The van der Waals surface area contributed by atoms with E-state index in [1.165, 1.54) is 51.8 Å². The summed E-state index contributed by atoms with van der Waals surface area (Å²) >= 11 is 0. The Morgan fingerprint density at radius 2 is 1.20 bits per heavy atom. The van der Waals surface area contributed by atoms with Gasteiger partial charge in [0.05, 0.1) is 0 Å². The van der Waals surface area contributed by atoms with Crippen LogP contribution in [0.4, 0.5) is 0 Å². The molecule has 0 nitrogen and oxygen atoms in total. The van der Waals surface area contributed by atoms with Crippen LogP contribution in [0.3, 0.4) is 0 Å². The number of benzene rings is 3. The zero-order valence-electron chi connectivity index (χ0n) is 15.4. The highest BCUT2D eigenvalue weighted by Gasteiger charge is 2.31. The van der Waals surface area contributed by atoms with E-state index in [0.717, 1.165) is 0 Å². The van der Waals surface area contributed by atoms with Crippen molar-refractivity contribution in [2.24, 2.45) is 0 Å². The molecule has 0 N–H and O–H groups in total. The quantitative estimate of drug-likeness (QED) is 0.506. The summed E-state index contributed by atoms with van der Waals surface area (Å²) in [6.45, 7) is 6.53. The molecule has 0 aromatic heterocycles. The average molecular weight is 326 g/mol. The highest BCUT2D eigenvalue weighted by molar-refractivity contribution is 5.46. The molecule has 0 saturated heterocycles. The van der Waals surface area contributed by atoms with Crippen LogP contribution in [0.1, 0.15) is 57.2 Å². The number of fused-ring (bicyclic) bond motifs is 1. The van der Waals surface area contributed by atoms with Crippen LogP contribution in [0.25, 0.3) is 0 Å². The van der Waals surface area contributed by atoms with Crippen LogP contribution in [0.15, 0.2) is 66.7 Å². The molecule has 126 valence electrons. The van der Waals surface area contributed by atoms with Gasteiger partial charge in [-0.2, -0.15) is 0 Å². The molecule has 0 heteroatoms. The molecule has 3 aromatic rings. The Morgan fingerprint density at radius 3 is 1.84 bits per heavy atom. The summed E-state index contributed by atoms with van der Waals surface area (Å²) in [4.78, 5) is 0. The Balaban J connectivity index is 1.84. The molecule has 4 rings (SSSR count). The van der Waals surface area contributed by atoms with Gasteiger partial charge < -0.3 is 0 Å². The summed E-state index contributed by atoms with van der Waals surface area (Å²) in [5, 5.41) is 0. The van der Waals surface area contributed by atoms with E-state index in [1.807, 2.05) is 0 Å². The van der Waals surface area contributed by atoms with Crippen LogP contribution in [0.2, 0.25) is 0 Å². The van der Waals surface area contributed by atoms with Gasteiger partial charge in [-0.05, 0) is 61.8 Å². The average Bonchev–Trinajstić information content (AvgIpc) is 2.62. The second-order valence-corrected chi connectivity index (χ2v) is 7.65. The first-order valence-corrected chi connectivity index (χ1v) is 9.34. The van der Waals surface area contributed by atoms with E-state index >= 15 is 0 Å². The van der Waals surface area contributed by atoms with Crippen molar-refractivity contribution in [3.05, 3.63) is 106 Å². The van der Waals surface area contributed by atoms with Crippen molar-refractivity contribution in [2.75, 3.05) is 0 Å². The lowest BCUT2D eigenvalue weighted by molar-refractivity contribution is 0.524. The minimum atomic E-state index is 0.452. The maximum atomic E-state index is 2.39. The summed E-state index contributed by atoms with van der Waals surface area (Å²) in [6, 6.07) is 25.4. The van der Waals surface area contributed by atoms with Crippen LogP contribution in [0.5, 0.6) is 0 Å². The zero-order chi connectivity index (χ0) is 17.4. The number of rotatable bonds is 2. The van der Waals surface area contributed by atoms with Crippen molar-refractivity contribution in [3.63, 3.8) is 0 Å². The molecule has 0 aliphatic heterocycles. The molecule has 0 saturated carbocycles. The van der Waals surface area contributed by atoms with Gasteiger partial charge in [-0.1, -0.05) is 83.4 Å². The van der Waals surface area contributed by atoms with Crippen molar-refractivity contribution in [1.82, 2.24) is 0 Å². The third-order valence-corrected chi connectivity index (χ3v) is 5.70. The largest absolute Gasteiger partial charge is 0.0590 e. The lowest BCUT2D eigenvalue weighted by Crippen LogP contribution is -2.20. The molecular formula is C25H26. The van der Waals surface area contributed by atoms with E-state index in [9.17, 15) is 0 Å². The normalized spacial score (nSPS) is 19.5. The van der Waals surface area contributed by atoms with Crippen LogP contribution >= 0.6 is 0 Å². The molecular weight excluding hydrogens is 300 g/mol. The van der Waals surface area contributed by atoms with Gasteiger partial charge in [-0.15, -0.1) is 0 Å². The summed E-state index contributed by atoms with van der Waals surface area (Å²) in [5.74, 6) is 1.01. The standard InChI is InChI=1S/C25H26/c1-17-4-9-20(10-5-17)23-15-13-22-16-19(3)8-14-24(22)25(23)21-11-6-18(2)7-12-21/h4-12,14,16,23,25H,13,15H2,1-3H3. The summed E-state index contributed by atoms with van der Waals surface area (Å²) in [7, 11) is 0. The fraction of sp³-hybridized carbons (Fsp3) is 0.280. The highest BCUT2D eigenvalue weighted by atomic mass is 14.3. The first-order chi connectivity index (χ1) is 12.1. The molecule has 1 aliphatic rings. The van der Waals surface area contributed by atoms with Crippen LogP contribution < -0.4 is 0 Å². The third kappa shape index (κ3) is 3.14. The van der Waals surface area contributed by atoms with E-state index in [1.54, 1.807) is 0 Å². The van der Waals surface area contributed by atoms with E-state index < -0.39 is 0 Å². The van der Waals surface area contributed by atoms with Gasteiger partial charge in [-0.25, -0.2) is 0 Å². The number of hydrogen-bond acceptors (Lipinski definition) is 0. The van der Waals surface area contributed by atoms with Crippen LogP contribution in [0, 0.1) is 20.8 Å². The summed E-state index contributed by atoms with van der Waals surface area (Å²) in [5.41, 5.74) is 10.0. The van der Waals surface area contributed by atoms with E-state index in [-0.39, 0.29) is 0 Å². The van der Waals surface area contributed by atoms with Crippen LogP contribution in [-0.2, 0) is 6.42 Å². The van der Waals surface area contributed by atoms with Gasteiger partial charge >= 0.3 is 0 Å². The lowest BCUT2D eigenvalue weighted by Gasteiger charge is -2.35. The van der Waals surface area contributed by atoms with Crippen molar-refractivity contribution >= 4 is 0 Å². The predicted octanol–water partition coefficient (Wildman–Crippen LogP) is 6.47. The molecule has 0 fully saturated rings. The fourth-order valence-corrected chi connectivity index (χ4v) is 4.31. The Morgan fingerprint density at radius 1 is 0.640 bits per heavy atom. The molecule has 0 amide bonds. The van der Waals surface area contributed by atoms with Gasteiger partial charge in [0, 0.05) is 5.92 Å². The van der Waals surface area contributed by atoms with E-state index in [4.69, 9.17) is 0 Å². The predicted molar refractivity (Wildman–Crippen MR) is 106 cm³/mol. The smallest absolute Gasteiger partial charge is 0.0161 e. The minimum absolute atomic E-state index is 0.452. The molecule has 2 unspecified atom stereocenters. The molecule has 1 aliphatic carbocycles. The van der Waals surface area contributed by atoms with Gasteiger partial charge in [0.15, 0.2) is 0 Å². The van der Waals surface area contributed by atoms with E-state index in [0.29, 0.717) is 11.8 Å². The Labute approximate surface area is 151 Å². The Kier molecular flexibility index (Phi) is 4.21. The molecule has 3 aromatic carbocycles. The van der Waals surface area contributed by atoms with Gasteiger partial charge in [0.1, 0.15) is 0 Å². The fourth-order valence-electron chi connectivity index (χ4n) is 4.31. The Hall–Kier alpha value is -2.34. The molecule has 0 heterocycles. The zero-order valence-corrected chi connectivity index (χ0v) is 15.4. The highest BCUT2D eigenvalue weighted by Crippen LogP contribution is 2.46. The number of hydrogen-bond donors (Lipinski definition) is 0. The second-order valence-electron chi connectivity index (χ2n) is 7.65. The Bertz CT molecular complexity index is 869. The first-order valence-electron chi connectivity index (χ1n) is 9.34. The second kappa shape index (κ2) is 6.52. The lowest BCUT2D eigenvalue weighted by atomic mass is 9.69. The maximum Gasteiger partial charge on any atom is 0.0161 e. The van der Waals surface area contributed by atoms with Gasteiger partial charge in [0.2, 0.25) is 0 Å². The molecule has 0 bridgehead atoms. The van der Waals surface area contributed by atoms with Gasteiger partial charge in [-0.3, -0.25) is 0 Å². The summed E-state index contributed by atoms with van der Waals surface area (Å²) < 4.78 is 0. The van der Waals surface area contributed by atoms with Crippen molar-refractivity contribution in [3.8, 4) is 0 Å². The SMILES string of the molecule is Cc1ccc(C2CCc3cc(C)ccc3C2c2ccc(C)cc2)cc1. The molecule has 0 radical (unpaired) electrons. The summed E-state index contributed by atoms with van der Waals surface area (Å²) in [6.07, 6.45) is 2.40. The van der Waals surface area contributed by atoms with Gasteiger partial charge in [0.25, 0.3) is 0 Å². The monoisotopic (exact) mass is 326 g/mol. The topological polar surface area (TPSA) is 0 Å². The van der Waals surface area contributed by atoms with Crippen molar-refractivity contribution in [1.29, 1.82) is 0 Å². The van der Waals surface area contributed by atoms with E-state index in [2.05, 4.69) is 87.5 Å². The first kappa shape index (κ1) is 16.1. The maximum absolute atomic E-state index is 2.39. The minimum Gasteiger partial charge on any atom is -0.0590 e. The van der Waals surface area contributed by atoms with Crippen molar-refractivity contribution < 1.29 is 0 Å². The molecule has 2 atom stereocenters. The molecule has 25 heavy (non-hydrogen) atoms. The van der Waals surface area contributed by atoms with Crippen LogP contribution in [-0.4, -0.2) is 0 Å². The molecule has 0 spiro atoms. The number of aryl methyl sites for hydroxylation is 4. The third-order valence-electron chi connectivity index (χ3n) is 5.70. The van der Waals surface area contributed by atoms with Crippen molar-refractivity contribution in [2.45, 2.75) is 45.4 Å².